The number of benzene rings is 2. The van der Waals surface area contributed by atoms with Crippen LogP contribution in [0.5, 0.6) is 0 Å². The van der Waals surface area contributed by atoms with E-state index in [4.69, 9.17) is 22.3 Å². The van der Waals surface area contributed by atoms with Crippen molar-refractivity contribution in [1.29, 1.82) is 0 Å². The van der Waals surface area contributed by atoms with Crippen LogP contribution in [0, 0.1) is 6.92 Å². The van der Waals surface area contributed by atoms with Crippen molar-refractivity contribution in [1.82, 2.24) is 9.97 Å². The number of hydrogen-bond acceptors (Lipinski definition) is 5. The Labute approximate surface area is 163 Å². The first kappa shape index (κ1) is 18.5. The molecule has 4 nitrogen and oxygen atoms in total. The molecule has 3 rings (SSSR count). The monoisotopic (exact) mass is 384 g/mol. The Hall–Kier alpha value is -2.24. The van der Waals surface area contributed by atoms with Gasteiger partial charge in [-0.25, -0.2) is 9.97 Å². The average molecular weight is 385 g/mol. The second-order valence-electron chi connectivity index (χ2n) is 6.35. The van der Waals surface area contributed by atoms with Gasteiger partial charge in [-0.05, 0) is 48.6 Å². The van der Waals surface area contributed by atoms with Crippen molar-refractivity contribution in [3.63, 3.8) is 0 Å². The number of nitrogens with zero attached hydrogens (tertiary/aromatic N) is 2. The third-order valence-electron chi connectivity index (χ3n) is 3.99. The molecule has 0 aliphatic rings. The highest BCUT2D eigenvalue weighted by atomic mass is 35.5. The van der Waals surface area contributed by atoms with Crippen LogP contribution in [0.1, 0.15) is 30.9 Å². The molecule has 0 bridgehead atoms. The van der Waals surface area contributed by atoms with Gasteiger partial charge < -0.3 is 5.73 Å². The number of aryl methyl sites for hydroxylation is 1. The lowest BCUT2D eigenvalue weighted by Crippen LogP contribution is -2.04. The number of aromatic nitrogens is 2. The van der Waals surface area contributed by atoms with Crippen molar-refractivity contribution in [2.24, 2.45) is 0 Å². The van der Waals surface area contributed by atoms with Crippen LogP contribution < -0.4 is 10.5 Å². The summed E-state index contributed by atoms with van der Waals surface area (Å²) in [5.74, 6) is 0.692. The van der Waals surface area contributed by atoms with E-state index in [0.717, 1.165) is 27.3 Å². The molecule has 0 saturated carbocycles. The molecule has 134 valence electrons. The van der Waals surface area contributed by atoms with E-state index in [-0.39, 0.29) is 5.92 Å². The summed E-state index contributed by atoms with van der Waals surface area (Å²) in [5, 5.41) is 0.476. The molecule has 3 N–H and O–H groups in total. The van der Waals surface area contributed by atoms with Gasteiger partial charge in [0.05, 0.1) is 5.69 Å². The highest BCUT2D eigenvalue weighted by Crippen LogP contribution is 2.35. The van der Waals surface area contributed by atoms with Crippen molar-refractivity contribution in [2.45, 2.75) is 31.6 Å². The zero-order valence-electron chi connectivity index (χ0n) is 15.0. The lowest BCUT2D eigenvalue weighted by molar-refractivity contribution is 0.851. The minimum atomic E-state index is 0.215. The minimum Gasteiger partial charge on any atom is -0.399 e. The molecule has 1 heterocycles. The fraction of sp³-hybridized carbons (Fsp3) is 0.200. The van der Waals surface area contributed by atoms with Crippen molar-refractivity contribution < 1.29 is 0 Å². The smallest absolute Gasteiger partial charge is 0.235 e. The quantitative estimate of drug-likeness (QED) is 0.324. The van der Waals surface area contributed by atoms with Crippen molar-refractivity contribution in [3.8, 4) is 11.3 Å². The number of nitrogens with one attached hydrogen (secondary N) is 1. The maximum atomic E-state index is 6.52. The van der Waals surface area contributed by atoms with Crippen LogP contribution >= 0.6 is 23.5 Å². The van der Waals surface area contributed by atoms with Gasteiger partial charge in [0.25, 0.3) is 0 Å². The number of nitrogen functional groups attached to an aromatic ring is 1. The Kier molecular flexibility index (Phi) is 5.69. The minimum absolute atomic E-state index is 0.215. The number of anilines is 2. The zero-order chi connectivity index (χ0) is 18.7. The Morgan fingerprint density at radius 3 is 2.54 bits per heavy atom. The second-order valence-corrected chi connectivity index (χ2v) is 7.58. The molecule has 0 atom stereocenters. The molecule has 0 aliphatic carbocycles. The summed E-state index contributed by atoms with van der Waals surface area (Å²) >= 11 is 7.92. The van der Waals surface area contributed by atoms with Gasteiger partial charge in [0.2, 0.25) is 5.95 Å². The summed E-state index contributed by atoms with van der Waals surface area (Å²) in [5.41, 5.74) is 10.6. The molecule has 0 unspecified atom stereocenters. The Morgan fingerprint density at radius 1 is 1.08 bits per heavy atom. The summed E-state index contributed by atoms with van der Waals surface area (Å²) in [7, 11) is 0. The fourth-order valence-corrected chi connectivity index (χ4v) is 3.76. The van der Waals surface area contributed by atoms with Crippen LogP contribution in [0.15, 0.2) is 53.4 Å². The first-order valence-electron chi connectivity index (χ1n) is 8.37. The average Bonchev–Trinajstić information content (AvgIpc) is 2.59. The first-order chi connectivity index (χ1) is 12.5. The van der Waals surface area contributed by atoms with Crippen LogP contribution in [0.3, 0.4) is 0 Å². The Morgan fingerprint density at radius 2 is 1.85 bits per heavy atom. The number of rotatable bonds is 5. The number of hydrogen-bond donors (Lipinski definition) is 2. The van der Waals surface area contributed by atoms with Gasteiger partial charge in [-0.2, -0.15) is 0 Å². The summed E-state index contributed by atoms with van der Waals surface area (Å²) in [4.78, 5) is 10.2. The topological polar surface area (TPSA) is 63.8 Å². The van der Waals surface area contributed by atoms with Crippen LogP contribution in [0.4, 0.5) is 11.6 Å². The van der Waals surface area contributed by atoms with E-state index in [1.807, 2.05) is 36.4 Å². The SMILES string of the molecule is Cc1ccccc1-c1nc(NSc2cccc(N)c2)nc(Cl)c1C(C)C. The molecule has 0 saturated heterocycles. The van der Waals surface area contributed by atoms with Gasteiger partial charge in [0, 0.05) is 21.7 Å². The largest absolute Gasteiger partial charge is 0.399 e. The van der Waals surface area contributed by atoms with Crippen molar-refractivity contribution >= 4 is 35.2 Å². The lowest BCUT2D eigenvalue weighted by Gasteiger charge is -2.16. The molecule has 0 amide bonds. The molecule has 0 fully saturated rings. The highest BCUT2D eigenvalue weighted by molar-refractivity contribution is 8.00. The van der Waals surface area contributed by atoms with E-state index in [1.165, 1.54) is 11.9 Å². The van der Waals surface area contributed by atoms with E-state index in [0.29, 0.717) is 16.8 Å². The number of nitrogens with two attached hydrogens (primary N) is 1. The predicted octanol–water partition coefficient (Wildman–Crippen LogP) is 5.93. The lowest BCUT2D eigenvalue weighted by atomic mass is 9.96. The van der Waals surface area contributed by atoms with E-state index in [2.05, 4.69) is 42.6 Å². The standard InChI is InChI=1S/C20H21ClN4S/c1-12(2)17-18(16-10-5-4-7-13(16)3)23-20(24-19(17)21)25-26-15-9-6-8-14(22)11-15/h4-12H,22H2,1-3H3,(H,23,24,25). The third kappa shape index (κ3) is 4.11. The van der Waals surface area contributed by atoms with E-state index >= 15 is 0 Å². The molecule has 0 radical (unpaired) electrons. The molecular weight excluding hydrogens is 364 g/mol. The summed E-state index contributed by atoms with van der Waals surface area (Å²) in [6, 6.07) is 15.8. The second kappa shape index (κ2) is 7.98. The third-order valence-corrected chi connectivity index (χ3v) is 5.06. The van der Waals surface area contributed by atoms with E-state index in [1.54, 1.807) is 0 Å². The Balaban J connectivity index is 1.99. The molecule has 1 aromatic heterocycles. The molecule has 2 aromatic carbocycles. The highest BCUT2D eigenvalue weighted by Gasteiger charge is 2.18. The summed E-state index contributed by atoms with van der Waals surface area (Å²) in [6.45, 7) is 6.27. The van der Waals surface area contributed by atoms with E-state index in [9.17, 15) is 0 Å². The van der Waals surface area contributed by atoms with Gasteiger partial charge in [-0.1, -0.05) is 55.8 Å². The summed E-state index contributed by atoms with van der Waals surface area (Å²) in [6.07, 6.45) is 0. The normalized spacial score (nSPS) is 11.0. The van der Waals surface area contributed by atoms with Crippen LogP contribution in [-0.2, 0) is 0 Å². The van der Waals surface area contributed by atoms with Crippen LogP contribution in [-0.4, -0.2) is 9.97 Å². The molecule has 3 aromatic rings. The number of halogens is 1. The maximum absolute atomic E-state index is 6.52. The first-order valence-corrected chi connectivity index (χ1v) is 9.57. The van der Waals surface area contributed by atoms with Crippen LogP contribution in [0.25, 0.3) is 11.3 Å². The molecule has 6 heteroatoms. The fourth-order valence-electron chi connectivity index (χ4n) is 2.73. The van der Waals surface area contributed by atoms with Crippen molar-refractivity contribution in [2.75, 3.05) is 10.5 Å². The van der Waals surface area contributed by atoms with Crippen molar-refractivity contribution in [3.05, 3.63) is 64.8 Å². The predicted molar refractivity (Wildman–Crippen MR) is 112 cm³/mol. The van der Waals surface area contributed by atoms with Gasteiger partial charge >= 0.3 is 0 Å². The van der Waals surface area contributed by atoms with Gasteiger partial charge in [-0.3, -0.25) is 4.72 Å². The molecule has 0 spiro atoms. The van der Waals surface area contributed by atoms with Gasteiger partial charge in [-0.15, -0.1) is 0 Å². The molecule has 26 heavy (non-hydrogen) atoms. The van der Waals surface area contributed by atoms with Crippen LogP contribution in [0.2, 0.25) is 5.15 Å². The van der Waals surface area contributed by atoms with Gasteiger partial charge in [0.1, 0.15) is 5.15 Å². The molecule has 0 aliphatic heterocycles. The summed E-state index contributed by atoms with van der Waals surface area (Å²) < 4.78 is 3.18. The molecular formula is C20H21ClN4S. The zero-order valence-corrected chi connectivity index (χ0v) is 16.5. The Bertz CT molecular complexity index is 927. The maximum Gasteiger partial charge on any atom is 0.235 e. The van der Waals surface area contributed by atoms with E-state index < -0.39 is 0 Å². The van der Waals surface area contributed by atoms with Gasteiger partial charge in [0.15, 0.2) is 0 Å².